The average Bonchev–Trinajstić information content (AvgIpc) is 3.53. The fourth-order valence-electron chi connectivity index (χ4n) is 3.33. The van der Waals surface area contributed by atoms with Gasteiger partial charge < -0.3 is 9.88 Å². The van der Waals surface area contributed by atoms with Gasteiger partial charge in [-0.3, -0.25) is 4.79 Å². The molecule has 2 aliphatic carbocycles. The number of hydrogen-bond donors (Lipinski definition) is 1. The quantitative estimate of drug-likeness (QED) is 0.857. The lowest BCUT2D eigenvalue weighted by molar-refractivity contribution is -0.137. The maximum Gasteiger partial charge on any atom is 0.416 e. The number of amides is 1. The van der Waals surface area contributed by atoms with Crippen molar-refractivity contribution in [2.24, 2.45) is 5.92 Å². The highest BCUT2D eigenvalue weighted by molar-refractivity contribution is 5.82. The average molecular weight is 364 g/mol. The minimum atomic E-state index is -4.36. The molecule has 138 valence electrons. The van der Waals surface area contributed by atoms with Crippen LogP contribution in [0.4, 0.5) is 13.2 Å². The van der Waals surface area contributed by atoms with Crippen LogP contribution in [0.3, 0.4) is 0 Å². The summed E-state index contributed by atoms with van der Waals surface area (Å²) in [6.07, 6.45) is 0.824. The predicted molar refractivity (Wildman–Crippen MR) is 87.3 cm³/mol. The zero-order valence-electron chi connectivity index (χ0n) is 14.0. The van der Waals surface area contributed by atoms with Crippen LogP contribution in [0.1, 0.15) is 48.2 Å². The van der Waals surface area contributed by atoms with E-state index in [9.17, 15) is 18.0 Å². The molecule has 1 aromatic carbocycles. The number of halogens is 3. The Hall–Kier alpha value is -2.38. The summed E-state index contributed by atoms with van der Waals surface area (Å²) in [6, 6.07) is 5.75. The molecule has 8 heteroatoms. The Morgan fingerprint density at radius 2 is 2.12 bits per heavy atom. The van der Waals surface area contributed by atoms with Crippen molar-refractivity contribution >= 4 is 5.91 Å². The van der Waals surface area contributed by atoms with E-state index >= 15 is 0 Å². The van der Waals surface area contributed by atoms with Crippen molar-refractivity contribution in [3.05, 3.63) is 47.5 Å². The number of benzene rings is 1. The Morgan fingerprint density at radius 1 is 1.31 bits per heavy atom. The summed E-state index contributed by atoms with van der Waals surface area (Å²) in [6.45, 7) is 0.454. The molecule has 0 radical (unpaired) electrons. The van der Waals surface area contributed by atoms with Crippen LogP contribution in [0, 0.1) is 5.92 Å². The van der Waals surface area contributed by atoms with Crippen LogP contribution in [0.2, 0.25) is 0 Å². The van der Waals surface area contributed by atoms with E-state index in [4.69, 9.17) is 0 Å². The minimum Gasteiger partial charge on any atom is -0.355 e. The molecule has 2 atom stereocenters. The third-order valence-corrected chi connectivity index (χ3v) is 5.00. The van der Waals surface area contributed by atoms with Gasteiger partial charge in [0, 0.05) is 24.9 Å². The van der Waals surface area contributed by atoms with Crippen molar-refractivity contribution in [1.29, 1.82) is 0 Å². The van der Waals surface area contributed by atoms with Crippen molar-refractivity contribution in [2.45, 2.75) is 43.8 Å². The van der Waals surface area contributed by atoms with Crippen LogP contribution in [-0.4, -0.2) is 27.2 Å². The first-order valence-corrected chi connectivity index (χ1v) is 8.77. The number of alkyl halides is 3. The second-order valence-electron chi connectivity index (χ2n) is 7.00. The third-order valence-electron chi connectivity index (χ3n) is 5.00. The largest absolute Gasteiger partial charge is 0.416 e. The highest BCUT2D eigenvalue weighted by atomic mass is 19.4. The van der Waals surface area contributed by atoms with Gasteiger partial charge >= 0.3 is 6.18 Å². The number of nitrogens with one attached hydrogen (secondary N) is 1. The normalized spacial score (nSPS) is 22.3. The highest BCUT2D eigenvalue weighted by Crippen LogP contribution is 2.48. The van der Waals surface area contributed by atoms with Crippen molar-refractivity contribution in [1.82, 2.24) is 20.1 Å². The van der Waals surface area contributed by atoms with Gasteiger partial charge in [-0.15, -0.1) is 10.2 Å². The summed E-state index contributed by atoms with van der Waals surface area (Å²) in [5.74, 6) is 0.370. The number of nitrogens with zero attached hydrogens (tertiary/aromatic N) is 3. The molecule has 26 heavy (non-hydrogen) atoms. The fourth-order valence-corrected chi connectivity index (χ4v) is 3.33. The summed E-state index contributed by atoms with van der Waals surface area (Å²) >= 11 is 0. The SMILES string of the molecule is O=C(NCCc1nncn1C1CC1)C1CC1c1cccc(C(F)(F)F)c1. The first-order valence-electron chi connectivity index (χ1n) is 8.77. The van der Waals surface area contributed by atoms with Gasteiger partial charge in [-0.2, -0.15) is 13.2 Å². The molecular formula is C18H19F3N4O. The molecule has 1 aromatic heterocycles. The topological polar surface area (TPSA) is 59.8 Å². The maximum atomic E-state index is 12.8. The zero-order valence-corrected chi connectivity index (χ0v) is 14.0. The third kappa shape index (κ3) is 3.59. The fraction of sp³-hybridized carbons (Fsp3) is 0.500. The molecule has 0 bridgehead atoms. The zero-order chi connectivity index (χ0) is 18.3. The molecule has 2 aromatic rings. The second kappa shape index (κ2) is 6.41. The van der Waals surface area contributed by atoms with E-state index in [1.54, 1.807) is 12.4 Å². The lowest BCUT2D eigenvalue weighted by atomic mass is 10.1. The van der Waals surface area contributed by atoms with Crippen LogP contribution >= 0.6 is 0 Å². The highest BCUT2D eigenvalue weighted by Gasteiger charge is 2.44. The number of carbonyl (C=O) groups excluding carboxylic acids is 1. The lowest BCUT2D eigenvalue weighted by Gasteiger charge is -2.09. The van der Waals surface area contributed by atoms with E-state index in [0.717, 1.165) is 30.8 Å². The van der Waals surface area contributed by atoms with Crippen molar-refractivity contribution in [3.63, 3.8) is 0 Å². The van der Waals surface area contributed by atoms with Gasteiger partial charge in [0.05, 0.1) is 5.56 Å². The number of hydrogen-bond acceptors (Lipinski definition) is 3. The van der Waals surface area contributed by atoms with Gasteiger partial charge in [0.2, 0.25) is 5.91 Å². The first kappa shape index (κ1) is 17.1. The molecule has 2 unspecified atom stereocenters. The van der Waals surface area contributed by atoms with Crippen molar-refractivity contribution < 1.29 is 18.0 Å². The van der Waals surface area contributed by atoms with E-state index in [2.05, 4.69) is 20.1 Å². The van der Waals surface area contributed by atoms with Gasteiger partial charge in [-0.25, -0.2) is 0 Å². The van der Waals surface area contributed by atoms with E-state index < -0.39 is 11.7 Å². The molecule has 1 N–H and O–H groups in total. The summed E-state index contributed by atoms with van der Waals surface area (Å²) < 4.78 is 40.5. The molecule has 4 rings (SSSR count). The standard InChI is InChI=1S/C18H19F3N4O/c19-18(20,21)12-3-1-2-11(8-12)14-9-15(14)17(26)22-7-6-16-24-23-10-25(16)13-4-5-13/h1-3,8,10,13-15H,4-7,9H2,(H,22,26). The number of carbonyl (C=O) groups is 1. The minimum absolute atomic E-state index is 0.107. The monoisotopic (exact) mass is 364 g/mol. The number of aromatic nitrogens is 3. The molecule has 0 saturated heterocycles. The van der Waals surface area contributed by atoms with E-state index in [1.807, 2.05) is 0 Å². The predicted octanol–water partition coefficient (Wildman–Crippen LogP) is 3.09. The Bertz CT molecular complexity index is 813. The van der Waals surface area contributed by atoms with Gasteiger partial charge in [0.1, 0.15) is 12.2 Å². The smallest absolute Gasteiger partial charge is 0.355 e. The molecule has 0 aliphatic heterocycles. The van der Waals surface area contributed by atoms with E-state index in [1.165, 1.54) is 6.07 Å². The Balaban J connectivity index is 1.30. The van der Waals surface area contributed by atoms with Gasteiger partial charge in [0.25, 0.3) is 0 Å². The van der Waals surface area contributed by atoms with Crippen LogP contribution in [0.5, 0.6) is 0 Å². The molecule has 0 spiro atoms. The Labute approximate surface area is 148 Å². The summed E-state index contributed by atoms with van der Waals surface area (Å²) in [5, 5.41) is 10.9. The second-order valence-corrected chi connectivity index (χ2v) is 7.00. The molecule has 2 fully saturated rings. The van der Waals surface area contributed by atoms with Crippen molar-refractivity contribution in [2.75, 3.05) is 6.54 Å². The molecule has 1 heterocycles. The van der Waals surface area contributed by atoms with Crippen LogP contribution in [0.15, 0.2) is 30.6 Å². The van der Waals surface area contributed by atoms with Crippen LogP contribution in [0.25, 0.3) is 0 Å². The van der Waals surface area contributed by atoms with Crippen LogP contribution < -0.4 is 5.32 Å². The summed E-state index contributed by atoms with van der Waals surface area (Å²) in [5.41, 5.74) is -0.0890. The van der Waals surface area contributed by atoms with E-state index in [-0.39, 0.29) is 17.7 Å². The van der Waals surface area contributed by atoms with Gasteiger partial charge in [-0.1, -0.05) is 18.2 Å². The summed E-state index contributed by atoms with van der Waals surface area (Å²) in [7, 11) is 0. The molecule has 2 saturated carbocycles. The summed E-state index contributed by atoms with van der Waals surface area (Å²) in [4.78, 5) is 12.3. The molecular weight excluding hydrogens is 345 g/mol. The Kier molecular flexibility index (Phi) is 4.20. The molecule has 1 amide bonds. The van der Waals surface area contributed by atoms with E-state index in [0.29, 0.717) is 31.0 Å². The molecule has 5 nitrogen and oxygen atoms in total. The first-order chi connectivity index (χ1) is 12.4. The Morgan fingerprint density at radius 3 is 2.85 bits per heavy atom. The molecule has 2 aliphatic rings. The van der Waals surface area contributed by atoms with Gasteiger partial charge in [0.15, 0.2) is 0 Å². The van der Waals surface area contributed by atoms with Crippen molar-refractivity contribution in [3.8, 4) is 0 Å². The lowest BCUT2D eigenvalue weighted by Crippen LogP contribution is -2.28. The van der Waals surface area contributed by atoms with Gasteiger partial charge in [-0.05, 0) is 36.8 Å². The van der Waals surface area contributed by atoms with Crippen LogP contribution in [-0.2, 0) is 17.4 Å². The maximum absolute atomic E-state index is 12.8. The number of rotatable bonds is 6.